The predicted molar refractivity (Wildman–Crippen MR) is 75.8 cm³/mol. The summed E-state index contributed by atoms with van der Waals surface area (Å²) < 4.78 is 27.5. The van der Waals surface area contributed by atoms with Crippen molar-refractivity contribution in [3.05, 3.63) is 28.7 Å². The van der Waals surface area contributed by atoms with Crippen molar-refractivity contribution in [2.24, 2.45) is 11.8 Å². The molecule has 2 rings (SSSR count). The highest BCUT2D eigenvalue weighted by Gasteiger charge is 2.31. The maximum atomic E-state index is 12.5. The largest absolute Gasteiger partial charge is 0.243 e. The SMILES string of the molecule is CC1CC(C)CN(S(=O)(=O)c2ccc(Br)cc2)C1. The van der Waals surface area contributed by atoms with Gasteiger partial charge in [-0.1, -0.05) is 29.8 Å². The van der Waals surface area contributed by atoms with Gasteiger partial charge in [-0.25, -0.2) is 8.42 Å². The van der Waals surface area contributed by atoms with Crippen LogP contribution in [0.5, 0.6) is 0 Å². The Morgan fingerprint density at radius 3 is 2.11 bits per heavy atom. The molecule has 0 saturated carbocycles. The van der Waals surface area contributed by atoms with Crippen LogP contribution >= 0.6 is 15.9 Å². The Labute approximate surface area is 117 Å². The van der Waals surface area contributed by atoms with E-state index in [9.17, 15) is 8.42 Å². The second kappa shape index (κ2) is 5.31. The molecule has 18 heavy (non-hydrogen) atoms. The van der Waals surface area contributed by atoms with Gasteiger partial charge in [0.2, 0.25) is 10.0 Å². The van der Waals surface area contributed by atoms with Crippen LogP contribution in [-0.2, 0) is 10.0 Å². The van der Waals surface area contributed by atoms with Gasteiger partial charge in [0.1, 0.15) is 0 Å². The highest BCUT2D eigenvalue weighted by atomic mass is 79.9. The van der Waals surface area contributed by atoms with E-state index in [4.69, 9.17) is 0 Å². The number of halogens is 1. The van der Waals surface area contributed by atoms with Gasteiger partial charge < -0.3 is 0 Å². The molecule has 5 heteroatoms. The van der Waals surface area contributed by atoms with Gasteiger partial charge in [-0.2, -0.15) is 4.31 Å². The first-order chi connectivity index (χ1) is 8.39. The van der Waals surface area contributed by atoms with Crippen LogP contribution < -0.4 is 0 Å². The molecule has 1 aliphatic rings. The summed E-state index contributed by atoms with van der Waals surface area (Å²) in [6.45, 7) is 5.48. The van der Waals surface area contributed by atoms with E-state index in [2.05, 4.69) is 29.8 Å². The van der Waals surface area contributed by atoms with Crippen molar-refractivity contribution in [2.75, 3.05) is 13.1 Å². The standard InChI is InChI=1S/C13H18BrNO2S/c1-10-7-11(2)9-15(8-10)18(16,17)13-5-3-12(14)4-6-13/h3-6,10-11H,7-9H2,1-2H3. The Kier molecular flexibility index (Phi) is 4.14. The Balaban J connectivity index is 2.28. The molecule has 0 aromatic heterocycles. The molecule has 1 heterocycles. The van der Waals surface area contributed by atoms with Crippen LogP contribution in [0.1, 0.15) is 20.3 Å². The lowest BCUT2D eigenvalue weighted by atomic mass is 9.94. The molecule has 100 valence electrons. The highest BCUT2D eigenvalue weighted by molar-refractivity contribution is 9.10. The summed E-state index contributed by atoms with van der Waals surface area (Å²) in [5, 5.41) is 0. The van der Waals surface area contributed by atoms with Crippen LogP contribution in [0.2, 0.25) is 0 Å². The second-order valence-corrected chi connectivity index (χ2v) is 8.08. The van der Waals surface area contributed by atoms with Crippen LogP contribution in [-0.4, -0.2) is 25.8 Å². The fourth-order valence-corrected chi connectivity index (χ4v) is 4.50. The summed E-state index contributed by atoms with van der Waals surface area (Å²) in [6.07, 6.45) is 1.10. The van der Waals surface area contributed by atoms with Gasteiger partial charge in [0, 0.05) is 17.6 Å². The first-order valence-corrected chi connectivity index (χ1v) is 8.38. The fraction of sp³-hybridized carbons (Fsp3) is 0.538. The number of nitrogens with zero attached hydrogens (tertiary/aromatic N) is 1. The zero-order valence-electron chi connectivity index (χ0n) is 10.6. The smallest absolute Gasteiger partial charge is 0.207 e. The minimum atomic E-state index is -3.33. The van der Waals surface area contributed by atoms with Gasteiger partial charge in [0.15, 0.2) is 0 Å². The molecule has 3 nitrogen and oxygen atoms in total. The molecule has 0 spiro atoms. The third-order valence-electron chi connectivity index (χ3n) is 3.29. The van der Waals surface area contributed by atoms with Gasteiger partial charge in [0.25, 0.3) is 0 Å². The van der Waals surface area contributed by atoms with Crippen LogP contribution in [0.15, 0.2) is 33.6 Å². The maximum Gasteiger partial charge on any atom is 0.243 e. The molecular weight excluding hydrogens is 314 g/mol. The normalized spacial score (nSPS) is 26.2. The van der Waals surface area contributed by atoms with Gasteiger partial charge >= 0.3 is 0 Å². The Bertz CT molecular complexity index is 502. The number of benzene rings is 1. The van der Waals surface area contributed by atoms with Crippen LogP contribution in [0, 0.1) is 11.8 Å². The van der Waals surface area contributed by atoms with Gasteiger partial charge in [-0.3, -0.25) is 0 Å². The summed E-state index contributed by atoms with van der Waals surface area (Å²) in [4.78, 5) is 0.381. The van der Waals surface area contributed by atoms with Crippen molar-refractivity contribution in [1.29, 1.82) is 0 Å². The van der Waals surface area contributed by atoms with Crippen LogP contribution in [0.4, 0.5) is 0 Å². The number of sulfonamides is 1. The molecule has 2 unspecified atom stereocenters. The molecule has 1 aromatic carbocycles. The minimum absolute atomic E-state index is 0.381. The molecule has 1 aromatic rings. The molecular formula is C13H18BrNO2S. The number of hydrogen-bond acceptors (Lipinski definition) is 2. The van der Waals surface area contributed by atoms with Crippen molar-refractivity contribution in [1.82, 2.24) is 4.31 Å². The van der Waals surface area contributed by atoms with E-state index in [1.165, 1.54) is 0 Å². The monoisotopic (exact) mass is 331 g/mol. The third kappa shape index (κ3) is 2.95. The fourth-order valence-electron chi connectivity index (χ4n) is 2.56. The summed E-state index contributed by atoms with van der Waals surface area (Å²) in [5.74, 6) is 0.859. The molecule has 0 radical (unpaired) electrons. The lowest BCUT2D eigenvalue weighted by molar-refractivity contribution is 0.222. The quantitative estimate of drug-likeness (QED) is 0.834. The van der Waals surface area contributed by atoms with E-state index in [1.807, 2.05) is 0 Å². The number of piperidine rings is 1. The van der Waals surface area contributed by atoms with Crippen molar-refractivity contribution in [3.63, 3.8) is 0 Å². The maximum absolute atomic E-state index is 12.5. The predicted octanol–water partition coefficient (Wildman–Crippen LogP) is 3.12. The highest BCUT2D eigenvalue weighted by Crippen LogP contribution is 2.27. The van der Waals surface area contributed by atoms with Gasteiger partial charge in [-0.05, 0) is 42.5 Å². The van der Waals surface area contributed by atoms with Crippen molar-refractivity contribution in [2.45, 2.75) is 25.2 Å². The molecule has 1 fully saturated rings. The zero-order valence-corrected chi connectivity index (χ0v) is 13.0. The lowest BCUT2D eigenvalue weighted by Gasteiger charge is -2.34. The molecule has 0 amide bonds. The Morgan fingerprint density at radius 2 is 1.61 bits per heavy atom. The number of rotatable bonds is 2. The molecule has 1 saturated heterocycles. The molecule has 0 aliphatic carbocycles. The third-order valence-corrected chi connectivity index (χ3v) is 5.66. The summed E-state index contributed by atoms with van der Waals surface area (Å²) in [6, 6.07) is 6.85. The zero-order chi connectivity index (χ0) is 13.3. The topological polar surface area (TPSA) is 37.4 Å². The second-order valence-electron chi connectivity index (χ2n) is 5.22. The summed E-state index contributed by atoms with van der Waals surface area (Å²) in [7, 11) is -3.33. The lowest BCUT2D eigenvalue weighted by Crippen LogP contribution is -2.42. The van der Waals surface area contributed by atoms with Crippen molar-refractivity contribution in [3.8, 4) is 0 Å². The van der Waals surface area contributed by atoms with E-state index < -0.39 is 10.0 Å². The average Bonchev–Trinajstić information content (AvgIpc) is 2.28. The Morgan fingerprint density at radius 1 is 1.11 bits per heavy atom. The molecule has 2 atom stereocenters. The van der Waals surface area contributed by atoms with E-state index in [0.29, 0.717) is 29.8 Å². The Hall–Kier alpha value is -0.390. The first kappa shape index (κ1) is 14.0. The van der Waals surface area contributed by atoms with Gasteiger partial charge in [0.05, 0.1) is 4.90 Å². The van der Waals surface area contributed by atoms with Crippen molar-refractivity contribution >= 4 is 26.0 Å². The molecule has 0 N–H and O–H groups in total. The molecule has 1 aliphatic heterocycles. The van der Waals surface area contributed by atoms with E-state index >= 15 is 0 Å². The van der Waals surface area contributed by atoms with E-state index in [0.717, 1.165) is 10.9 Å². The van der Waals surface area contributed by atoms with Crippen molar-refractivity contribution < 1.29 is 8.42 Å². The minimum Gasteiger partial charge on any atom is -0.207 e. The summed E-state index contributed by atoms with van der Waals surface area (Å²) in [5.41, 5.74) is 0. The first-order valence-electron chi connectivity index (χ1n) is 6.15. The van der Waals surface area contributed by atoms with Gasteiger partial charge in [-0.15, -0.1) is 0 Å². The number of hydrogen-bond donors (Lipinski definition) is 0. The molecule has 0 bridgehead atoms. The van der Waals surface area contributed by atoms with Crippen LogP contribution in [0.25, 0.3) is 0 Å². The van der Waals surface area contributed by atoms with Crippen LogP contribution in [0.3, 0.4) is 0 Å². The van der Waals surface area contributed by atoms with E-state index in [1.54, 1.807) is 28.6 Å². The van der Waals surface area contributed by atoms with E-state index in [-0.39, 0.29) is 0 Å². The summed E-state index contributed by atoms with van der Waals surface area (Å²) >= 11 is 3.32. The average molecular weight is 332 g/mol.